The summed E-state index contributed by atoms with van der Waals surface area (Å²) in [5, 5.41) is 11.2. The summed E-state index contributed by atoms with van der Waals surface area (Å²) in [6.45, 7) is 6.75. The van der Waals surface area contributed by atoms with Gasteiger partial charge in [0.25, 0.3) is 0 Å². The zero-order valence-corrected chi connectivity index (χ0v) is 11.0. The van der Waals surface area contributed by atoms with Crippen LogP contribution < -0.4 is 0 Å². The van der Waals surface area contributed by atoms with E-state index in [9.17, 15) is 0 Å². The Morgan fingerprint density at radius 3 is 0.692 bits per heavy atom. The van der Waals surface area contributed by atoms with Gasteiger partial charge in [-0.3, -0.25) is 0 Å². The molecule has 0 N–H and O–H groups in total. The Labute approximate surface area is 96.9 Å². The molecule has 0 spiro atoms. The van der Waals surface area contributed by atoms with Crippen molar-refractivity contribution in [2.45, 2.75) is 0 Å². The fourth-order valence-electron chi connectivity index (χ4n) is 0. The molecule has 0 aromatic heterocycles. The van der Waals surface area contributed by atoms with E-state index < -0.39 is 13.0 Å². The Balaban J connectivity index is 0.000000148. The van der Waals surface area contributed by atoms with Crippen LogP contribution in [0.5, 0.6) is 0 Å². The summed E-state index contributed by atoms with van der Waals surface area (Å²) in [5.74, 6) is 0. The first kappa shape index (κ1) is 14.4. The standard InChI is InChI=1S/3C2H4N.3ClH.Rh/c3*1-2-3-1;;;;/h3*1-2H2;3*1H;/q3*-1;;;;+3/p-3. The molecule has 0 saturated carbocycles. The van der Waals surface area contributed by atoms with Gasteiger partial charge in [-0.15, -0.1) is 0 Å². The Morgan fingerprint density at radius 2 is 0.692 bits per heavy atom. The molecule has 0 aromatic rings. The summed E-state index contributed by atoms with van der Waals surface area (Å²) >= 11 is -1.66. The van der Waals surface area contributed by atoms with Crippen LogP contribution in [-0.2, 0) is 13.0 Å². The zero-order chi connectivity index (χ0) is 9.94. The fraction of sp³-hybridized carbons (Fsp3) is 1.00. The Kier molecular flexibility index (Phi) is 12.7. The maximum atomic E-state index is 4.94. The van der Waals surface area contributed by atoms with Gasteiger partial charge in [-0.2, -0.15) is 39.3 Å². The van der Waals surface area contributed by atoms with Crippen molar-refractivity contribution >= 4 is 29.1 Å². The second-order valence-corrected chi connectivity index (χ2v) is 9.62. The van der Waals surface area contributed by atoms with Gasteiger partial charge in [0.15, 0.2) is 0 Å². The summed E-state index contributed by atoms with van der Waals surface area (Å²) in [7, 11) is 14.8. The molecule has 3 saturated heterocycles. The van der Waals surface area contributed by atoms with Gasteiger partial charge in [0.1, 0.15) is 0 Å². The van der Waals surface area contributed by atoms with Crippen molar-refractivity contribution in [2.24, 2.45) is 0 Å². The summed E-state index contributed by atoms with van der Waals surface area (Å²) < 4.78 is 0. The molecule has 13 heavy (non-hydrogen) atoms. The number of hydrogen-bond acceptors (Lipinski definition) is 0. The van der Waals surface area contributed by atoms with E-state index in [1.54, 1.807) is 0 Å². The predicted molar refractivity (Wildman–Crippen MR) is 56.8 cm³/mol. The predicted octanol–water partition coefficient (Wildman–Crippen LogP) is 3.19. The van der Waals surface area contributed by atoms with E-state index in [2.05, 4.69) is 16.0 Å². The molecule has 3 nitrogen and oxygen atoms in total. The van der Waals surface area contributed by atoms with Gasteiger partial charge in [0.05, 0.1) is 0 Å². The third-order valence-corrected chi connectivity index (χ3v) is 0.671. The van der Waals surface area contributed by atoms with Crippen LogP contribution in [0, 0.1) is 0 Å². The first-order chi connectivity index (χ1) is 6.23. The molecule has 3 fully saturated rings. The van der Waals surface area contributed by atoms with Crippen molar-refractivity contribution in [1.29, 1.82) is 0 Å². The van der Waals surface area contributed by atoms with Crippen LogP contribution in [-0.4, -0.2) is 39.3 Å². The van der Waals surface area contributed by atoms with E-state index in [4.69, 9.17) is 29.1 Å². The molecule has 0 unspecified atom stereocenters. The van der Waals surface area contributed by atoms with E-state index in [0.717, 1.165) is 39.3 Å². The summed E-state index contributed by atoms with van der Waals surface area (Å²) in [4.78, 5) is 0. The van der Waals surface area contributed by atoms with Crippen LogP contribution >= 0.6 is 29.1 Å². The van der Waals surface area contributed by atoms with Crippen molar-refractivity contribution in [2.75, 3.05) is 39.3 Å². The van der Waals surface area contributed by atoms with Gasteiger partial charge in [-0.1, -0.05) is 0 Å². The van der Waals surface area contributed by atoms with Gasteiger partial charge in [-0.05, 0) is 0 Å². The number of nitrogens with zero attached hydrogens (tertiary/aromatic N) is 3. The van der Waals surface area contributed by atoms with Gasteiger partial charge < -0.3 is 16.0 Å². The van der Waals surface area contributed by atoms with Crippen LogP contribution in [0.3, 0.4) is 0 Å². The topological polar surface area (TPSA) is 42.3 Å². The van der Waals surface area contributed by atoms with Crippen LogP contribution in [0.15, 0.2) is 0 Å². The van der Waals surface area contributed by atoms with E-state index in [1.807, 2.05) is 0 Å². The van der Waals surface area contributed by atoms with Crippen molar-refractivity contribution in [3.05, 3.63) is 16.0 Å². The van der Waals surface area contributed by atoms with Crippen LogP contribution in [0.4, 0.5) is 0 Å². The third-order valence-electron chi connectivity index (χ3n) is 0.671. The molecular formula is C6H12Cl3N3Rh-3. The molecule has 3 aliphatic heterocycles. The van der Waals surface area contributed by atoms with E-state index >= 15 is 0 Å². The van der Waals surface area contributed by atoms with Gasteiger partial charge >= 0.3 is 42.1 Å². The van der Waals surface area contributed by atoms with E-state index in [-0.39, 0.29) is 0 Å². The van der Waals surface area contributed by atoms with Crippen molar-refractivity contribution in [3.8, 4) is 0 Å². The molecule has 7 heteroatoms. The van der Waals surface area contributed by atoms with Gasteiger partial charge in [0, 0.05) is 0 Å². The Hall–Kier alpha value is 1.37. The fourth-order valence-corrected chi connectivity index (χ4v) is 0. The molecule has 3 heterocycles. The molecule has 0 amide bonds. The molecule has 3 rings (SSSR count). The van der Waals surface area contributed by atoms with E-state index in [0.29, 0.717) is 0 Å². The minimum absolute atomic E-state index is 1.12. The third kappa shape index (κ3) is 90.4. The molecule has 0 aromatic carbocycles. The van der Waals surface area contributed by atoms with Crippen LogP contribution in [0.25, 0.3) is 16.0 Å². The summed E-state index contributed by atoms with van der Waals surface area (Å²) in [6, 6.07) is 0. The number of halogens is 3. The molecule has 84 valence electrons. The van der Waals surface area contributed by atoms with Gasteiger partial charge in [0.2, 0.25) is 0 Å². The van der Waals surface area contributed by atoms with Crippen LogP contribution in [0.2, 0.25) is 0 Å². The van der Waals surface area contributed by atoms with Crippen LogP contribution in [0.1, 0.15) is 0 Å². The quantitative estimate of drug-likeness (QED) is 0.482. The summed E-state index contributed by atoms with van der Waals surface area (Å²) in [5.41, 5.74) is 0. The number of rotatable bonds is 0. The summed E-state index contributed by atoms with van der Waals surface area (Å²) in [6.07, 6.45) is 0. The van der Waals surface area contributed by atoms with E-state index in [1.165, 1.54) is 0 Å². The minimum atomic E-state index is -1.66. The molecular weight excluding hydrogens is 323 g/mol. The number of hydrogen-bond donors (Lipinski definition) is 0. The average Bonchev–Trinajstić information content (AvgIpc) is 2.81. The Morgan fingerprint density at radius 1 is 0.615 bits per heavy atom. The van der Waals surface area contributed by atoms with Crippen molar-refractivity contribution < 1.29 is 13.0 Å². The molecule has 0 atom stereocenters. The second-order valence-electron chi connectivity index (χ2n) is 2.16. The molecule has 0 radical (unpaired) electrons. The SMILES string of the molecule is C1C[N-]1.C1C[N-]1.C1C[N-]1.[Cl][Rh]([Cl])[Cl]. The second kappa shape index (κ2) is 11.4. The normalized spacial score (nSPS) is 20.1. The van der Waals surface area contributed by atoms with Gasteiger partial charge in [-0.25, -0.2) is 0 Å². The first-order valence-electron chi connectivity index (χ1n) is 3.78. The van der Waals surface area contributed by atoms with Crippen molar-refractivity contribution in [1.82, 2.24) is 0 Å². The molecule has 0 aliphatic carbocycles. The Bertz CT molecular complexity index is 75.8. The molecule has 0 bridgehead atoms. The first-order valence-corrected chi connectivity index (χ1v) is 10.1. The average molecular weight is 335 g/mol. The zero-order valence-electron chi connectivity index (χ0n) is 7.05. The maximum absolute atomic E-state index is 4.94. The monoisotopic (exact) mass is 334 g/mol. The molecule has 3 aliphatic rings. The van der Waals surface area contributed by atoms with Crippen molar-refractivity contribution in [3.63, 3.8) is 0 Å².